The molecule has 3 amide bonds. The van der Waals surface area contributed by atoms with E-state index in [2.05, 4.69) is 21.3 Å². The summed E-state index contributed by atoms with van der Waals surface area (Å²) in [6.45, 7) is 1.70. The molecule has 4 N–H and O–H groups in total. The second-order valence-electron chi connectivity index (χ2n) is 8.76. The summed E-state index contributed by atoms with van der Waals surface area (Å²) < 4.78 is 38.8. The van der Waals surface area contributed by atoms with Crippen molar-refractivity contribution in [2.45, 2.75) is 25.9 Å². The number of carbonyl (C=O) groups is 3. The van der Waals surface area contributed by atoms with Crippen LogP contribution in [0.15, 0.2) is 66.7 Å². The first kappa shape index (κ1) is 25.7. The third-order valence-corrected chi connectivity index (χ3v) is 5.84. The summed E-state index contributed by atoms with van der Waals surface area (Å²) in [4.78, 5) is 37.2. The van der Waals surface area contributed by atoms with Crippen LogP contribution in [-0.2, 0) is 15.8 Å². The van der Waals surface area contributed by atoms with E-state index in [9.17, 15) is 27.6 Å². The molecule has 3 aromatic rings. The van der Waals surface area contributed by atoms with E-state index < -0.39 is 17.6 Å². The molecule has 0 aromatic heterocycles. The number of amides is 3. The van der Waals surface area contributed by atoms with Gasteiger partial charge in [0.1, 0.15) is 0 Å². The van der Waals surface area contributed by atoms with E-state index in [0.717, 1.165) is 30.5 Å². The predicted octanol–water partition coefficient (Wildman–Crippen LogP) is 5.67. The molecule has 4 rings (SSSR count). The number of hydrogen-bond acceptors (Lipinski definition) is 4. The summed E-state index contributed by atoms with van der Waals surface area (Å²) in [5, 5.41) is 11.1. The Morgan fingerprint density at radius 3 is 2.19 bits per heavy atom. The zero-order valence-corrected chi connectivity index (χ0v) is 19.9. The van der Waals surface area contributed by atoms with Crippen LogP contribution in [0.2, 0.25) is 0 Å². The lowest BCUT2D eigenvalue weighted by molar-refractivity contribution is -0.137. The van der Waals surface area contributed by atoms with Gasteiger partial charge in [-0.05, 0) is 73.9 Å². The van der Waals surface area contributed by atoms with Crippen LogP contribution in [0.5, 0.6) is 0 Å². The highest BCUT2D eigenvalue weighted by Crippen LogP contribution is 2.32. The Morgan fingerprint density at radius 1 is 0.838 bits per heavy atom. The molecule has 0 saturated heterocycles. The van der Waals surface area contributed by atoms with Crippen LogP contribution in [0.4, 0.5) is 35.9 Å². The van der Waals surface area contributed by atoms with Crippen molar-refractivity contribution < 1.29 is 27.6 Å². The lowest BCUT2D eigenvalue weighted by atomic mass is 10.1. The molecule has 0 spiro atoms. The number of nitrogens with one attached hydrogen (secondary N) is 4. The summed E-state index contributed by atoms with van der Waals surface area (Å²) in [6.07, 6.45) is -2.74. The second kappa shape index (κ2) is 10.7. The number of benzene rings is 3. The van der Waals surface area contributed by atoms with Crippen LogP contribution in [-0.4, -0.2) is 24.3 Å². The van der Waals surface area contributed by atoms with Gasteiger partial charge in [0.05, 0.1) is 12.1 Å². The van der Waals surface area contributed by atoms with E-state index in [4.69, 9.17) is 0 Å². The van der Waals surface area contributed by atoms with Gasteiger partial charge in [0.25, 0.3) is 5.91 Å². The van der Waals surface area contributed by atoms with Gasteiger partial charge in [0.2, 0.25) is 11.8 Å². The number of anilines is 4. The van der Waals surface area contributed by atoms with Crippen molar-refractivity contribution in [2.24, 2.45) is 5.92 Å². The molecule has 0 radical (unpaired) electrons. The number of halogens is 3. The highest BCUT2D eigenvalue weighted by Gasteiger charge is 2.31. The van der Waals surface area contributed by atoms with Gasteiger partial charge in [-0.15, -0.1) is 0 Å². The fourth-order valence-electron chi connectivity index (χ4n) is 3.61. The van der Waals surface area contributed by atoms with Gasteiger partial charge >= 0.3 is 6.18 Å². The van der Waals surface area contributed by atoms with Crippen LogP contribution in [0.3, 0.4) is 0 Å². The molecule has 7 nitrogen and oxygen atoms in total. The molecular weight excluding hydrogens is 485 g/mol. The lowest BCUT2D eigenvalue weighted by Crippen LogP contribution is -2.23. The molecular formula is C27H25F3N4O3. The first-order valence-electron chi connectivity index (χ1n) is 11.6. The molecule has 0 bridgehead atoms. The van der Waals surface area contributed by atoms with Crippen molar-refractivity contribution >= 4 is 40.5 Å². The predicted molar refractivity (Wildman–Crippen MR) is 135 cm³/mol. The molecule has 0 atom stereocenters. The number of rotatable bonds is 8. The maximum absolute atomic E-state index is 12.9. The molecule has 1 aliphatic rings. The third kappa shape index (κ3) is 6.87. The van der Waals surface area contributed by atoms with Gasteiger partial charge in [-0.3, -0.25) is 14.4 Å². The Kier molecular flexibility index (Phi) is 7.47. The number of carbonyl (C=O) groups excluding carboxylic acids is 3. The minimum absolute atomic E-state index is 0.0171. The normalized spacial score (nSPS) is 13.0. The minimum Gasteiger partial charge on any atom is -0.376 e. The smallest absolute Gasteiger partial charge is 0.376 e. The zero-order valence-electron chi connectivity index (χ0n) is 19.9. The largest absolute Gasteiger partial charge is 0.416 e. The first-order chi connectivity index (χ1) is 17.6. The fraction of sp³-hybridized carbons (Fsp3) is 0.222. The highest BCUT2D eigenvalue weighted by atomic mass is 19.4. The maximum atomic E-state index is 12.9. The third-order valence-electron chi connectivity index (χ3n) is 5.84. The molecule has 37 heavy (non-hydrogen) atoms. The fourth-order valence-corrected chi connectivity index (χ4v) is 3.61. The summed E-state index contributed by atoms with van der Waals surface area (Å²) >= 11 is 0. The molecule has 0 heterocycles. The molecule has 192 valence electrons. The van der Waals surface area contributed by atoms with Crippen LogP contribution in [0.25, 0.3) is 0 Å². The summed E-state index contributed by atoms with van der Waals surface area (Å²) in [7, 11) is 0. The Bertz CT molecular complexity index is 1340. The summed E-state index contributed by atoms with van der Waals surface area (Å²) in [5.41, 5.74) is 1.78. The minimum atomic E-state index is -4.52. The van der Waals surface area contributed by atoms with Gasteiger partial charge in [-0.2, -0.15) is 13.2 Å². The van der Waals surface area contributed by atoms with E-state index >= 15 is 0 Å². The van der Waals surface area contributed by atoms with Crippen LogP contribution >= 0.6 is 0 Å². The van der Waals surface area contributed by atoms with Crippen molar-refractivity contribution in [1.29, 1.82) is 0 Å². The standard InChI is InChI=1S/C27H25F3N4O3/c1-16-22(9-4-10-23(16)34-25(36)17-11-12-17)33-24(35)15-31-20-7-2-5-18(13-20)26(37)32-21-8-3-6-19(14-21)27(28,29)30/h2-10,13-14,17,31H,11-12,15H2,1H3,(H,32,37)(H,33,35)(H,34,36). The van der Waals surface area contributed by atoms with Crippen LogP contribution in [0, 0.1) is 12.8 Å². The highest BCUT2D eigenvalue weighted by molar-refractivity contribution is 6.05. The summed E-state index contributed by atoms with van der Waals surface area (Å²) in [5.74, 6) is -0.893. The molecule has 1 fully saturated rings. The van der Waals surface area contributed by atoms with E-state index in [-0.39, 0.29) is 35.5 Å². The summed E-state index contributed by atoms with van der Waals surface area (Å²) in [6, 6.07) is 15.9. The quantitative estimate of drug-likeness (QED) is 0.314. The van der Waals surface area contributed by atoms with E-state index in [1.807, 2.05) is 0 Å². The Balaban J connectivity index is 1.34. The van der Waals surface area contributed by atoms with Gasteiger partial charge in [-0.1, -0.05) is 18.2 Å². The molecule has 0 aliphatic heterocycles. The average molecular weight is 511 g/mol. The average Bonchev–Trinajstić information content (AvgIpc) is 3.71. The van der Waals surface area contributed by atoms with Crippen LogP contribution in [0.1, 0.15) is 34.3 Å². The Labute approximate surface area is 211 Å². The molecule has 3 aromatic carbocycles. The zero-order chi connectivity index (χ0) is 26.6. The van der Waals surface area contributed by atoms with Gasteiger partial charge in [-0.25, -0.2) is 0 Å². The van der Waals surface area contributed by atoms with Crippen LogP contribution < -0.4 is 21.3 Å². The molecule has 1 aliphatic carbocycles. The number of alkyl halides is 3. The number of hydrogen-bond donors (Lipinski definition) is 4. The lowest BCUT2D eigenvalue weighted by Gasteiger charge is -2.14. The van der Waals surface area contributed by atoms with E-state index in [0.29, 0.717) is 17.1 Å². The van der Waals surface area contributed by atoms with Crippen molar-refractivity contribution in [3.8, 4) is 0 Å². The van der Waals surface area contributed by atoms with Crippen molar-refractivity contribution in [2.75, 3.05) is 27.8 Å². The Hall–Kier alpha value is -4.34. The topological polar surface area (TPSA) is 99.3 Å². The van der Waals surface area contributed by atoms with Gasteiger partial charge in [0, 0.05) is 34.2 Å². The van der Waals surface area contributed by atoms with Crippen molar-refractivity contribution in [3.05, 3.63) is 83.4 Å². The van der Waals surface area contributed by atoms with Crippen molar-refractivity contribution in [3.63, 3.8) is 0 Å². The maximum Gasteiger partial charge on any atom is 0.416 e. The molecule has 1 saturated carbocycles. The monoisotopic (exact) mass is 510 g/mol. The second-order valence-corrected chi connectivity index (χ2v) is 8.76. The van der Waals surface area contributed by atoms with E-state index in [1.165, 1.54) is 24.3 Å². The van der Waals surface area contributed by atoms with Crippen molar-refractivity contribution in [1.82, 2.24) is 0 Å². The van der Waals surface area contributed by atoms with Gasteiger partial charge < -0.3 is 21.3 Å². The first-order valence-corrected chi connectivity index (χ1v) is 11.6. The molecule has 0 unspecified atom stereocenters. The molecule has 10 heteroatoms. The Morgan fingerprint density at radius 2 is 1.49 bits per heavy atom. The van der Waals surface area contributed by atoms with Gasteiger partial charge in [0.15, 0.2) is 0 Å². The van der Waals surface area contributed by atoms with E-state index in [1.54, 1.807) is 37.3 Å². The SMILES string of the molecule is Cc1c(NC(=O)CNc2cccc(C(=O)Nc3cccc(C(F)(F)F)c3)c2)cccc1NC(=O)C1CC1.